The molecule has 8 bridgehead atoms. The van der Waals surface area contributed by atoms with Gasteiger partial charge < -0.3 is 34.6 Å². The van der Waals surface area contributed by atoms with Gasteiger partial charge in [-0.3, -0.25) is 9.80 Å². The molecule has 4 aliphatic heterocycles. The van der Waals surface area contributed by atoms with Gasteiger partial charge in [-0.2, -0.15) is 0 Å². The van der Waals surface area contributed by atoms with Crippen LogP contribution in [-0.2, 0) is 27.3 Å². The van der Waals surface area contributed by atoms with Gasteiger partial charge in [0.25, 0.3) is 0 Å². The fraction of sp³-hybridized carbons (Fsp3) is 0.625. The molecule has 0 radical (unpaired) electrons. The second kappa shape index (κ2) is 17.0. The highest BCUT2D eigenvalue weighted by atomic mass is 16.5. The number of nitrogens with zero attached hydrogens (tertiary/aromatic N) is 4. The van der Waals surface area contributed by atoms with Crippen LogP contribution in [0.1, 0.15) is 11.1 Å². The largest absolute Gasteiger partial charge is 0.378 e. The Bertz CT molecular complexity index is 935. The average Bonchev–Trinajstić information content (AvgIpc) is 2.99. The highest BCUT2D eigenvalue weighted by molar-refractivity contribution is 5.49. The van der Waals surface area contributed by atoms with E-state index < -0.39 is 0 Å². The maximum absolute atomic E-state index is 6.22. The minimum atomic E-state index is 0.618. The van der Waals surface area contributed by atoms with Gasteiger partial charge in [-0.15, -0.1) is 0 Å². The summed E-state index contributed by atoms with van der Waals surface area (Å²) < 4.78 is 18.2. The Hall–Kier alpha value is -2.24. The average molecular weight is 567 g/mol. The van der Waals surface area contributed by atoms with E-state index in [1.807, 2.05) is 0 Å². The molecular formula is C32H50N6O3. The number of hydrogen-bond acceptors (Lipinski definition) is 9. The third-order valence-corrected chi connectivity index (χ3v) is 8.18. The van der Waals surface area contributed by atoms with Crippen LogP contribution in [0.2, 0.25) is 0 Å². The van der Waals surface area contributed by atoms with Crippen LogP contribution in [0, 0.1) is 0 Å². The Morgan fingerprint density at radius 3 is 1.27 bits per heavy atom. The molecule has 2 aromatic carbocycles. The van der Waals surface area contributed by atoms with Crippen molar-refractivity contribution in [1.29, 1.82) is 0 Å². The van der Waals surface area contributed by atoms with Crippen molar-refractivity contribution < 1.29 is 14.2 Å². The molecule has 0 aromatic heterocycles. The Morgan fingerprint density at radius 2 is 0.854 bits per heavy atom. The summed E-state index contributed by atoms with van der Waals surface area (Å²) in [6.07, 6.45) is 0. The maximum atomic E-state index is 6.22. The molecule has 0 unspecified atom stereocenters. The zero-order valence-corrected chi connectivity index (χ0v) is 24.8. The van der Waals surface area contributed by atoms with Crippen LogP contribution in [0.15, 0.2) is 48.5 Å². The first-order chi connectivity index (χ1) is 20.3. The zero-order chi connectivity index (χ0) is 28.0. The van der Waals surface area contributed by atoms with Crippen LogP contribution in [-0.4, -0.2) is 128 Å². The van der Waals surface area contributed by atoms with Crippen LogP contribution >= 0.6 is 0 Å². The molecule has 0 aliphatic carbocycles. The lowest BCUT2D eigenvalue weighted by atomic mass is 10.1. The van der Waals surface area contributed by atoms with Gasteiger partial charge in [-0.05, 0) is 35.4 Å². The third-order valence-electron chi connectivity index (χ3n) is 8.18. The molecule has 0 saturated carbocycles. The summed E-state index contributed by atoms with van der Waals surface area (Å²) >= 11 is 0. The maximum Gasteiger partial charge on any atom is 0.0701 e. The summed E-state index contributed by atoms with van der Waals surface area (Å²) in [6, 6.07) is 18.1. The van der Waals surface area contributed by atoms with Crippen LogP contribution in [0.4, 0.5) is 11.4 Å². The number of fused-ring (bicyclic) bond motifs is 8. The van der Waals surface area contributed by atoms with Gasteiger partial charge in [0.15, 0.2) is 0 Å². The third kappa shape index (κ3) is 10.2. The smallest absolute Gasteiger partial charge is 0.0701 e. The lowest BCUT2D eigenvalue weighted by Crippen LogP contribution is -2.42. The van der Waals surface area contributed by atoms with Crippen LogP contribution in [0.25, 0.3) is 0 Å². The number of benzene rings is 2. The zero-order valence-electron chi connectivity index (χ0n) is 24.8. The number of anilines is 2. The van der Waals surface area contributed by atoms with Gasteiger partial charge in [0.1, 0.15) is 0 Å². The Morgan fingerprint density at radius 1 is 0.463 bits per heavy atom. The van der Waals surface area contributed by atoms with Gasteiger partial charge >= 0.3 is 0 Å². The molecule has 41 heavy (non-hydrogen) atoms. The molecule has 0 amide bonds. The fourth-order valence-corrected chi connectivity index (χ4v) is 5.82. The first-order valence-electron chi connectivity index (χ1n) is 15.6. The molecule has 9 nitrogen and oxygen atoms in total. The van der Waals surface area contributed by atoms with E-state index >= 15 is 0 Å². The molecule has 2 fully saturated rings. The molecule has 0 atom stereocenters. The van der Waals surface area contributed by atoms with Crippen molar-refractivity contribution in [3.63, 3.8) is 0 Å². The normalized spacial score (nSPS) is 25.0. The highest BCUT2D eigenvalue weighted by Crippen LogP contribution is 2.19. The van der Waals surface area contributed by atoms with Gasteiger partial charge in [0, 0.05) is 103 Å². The molecule has 2 N–H and O–H groups in total. The van der Waals surface area contributed by atoms with Crippen molar-refractivity contribution in [2.75, 3.05) is 128 Å². The molecule has 0 spiro atoms. The van der Waals surface area contributed by atoms with E-state index in [4.69, 9.17) is 14.2 Å². The molecule has 2 saturated heterocycles. The minimum absolute atomic E-state index is 0.618. The first-order valence-corrected chi connectivity index (χ1v) is 15.6. The van der Waals surface area contributed by atoms with Crippen molar-refractivity contribution in [1.82, 2.24) is 20.4 Å². The van der Waals surface area contributed by atoms with Gasteiger partial charge in [0.2, 0.25) is 0 Å². The SMILES string of the molecule is c1cc2cc(c1)N1CCOCCOCCN(CCOCC1)c1cccc(c1)CN1CCNCCN(CCNCC1)C2. The molecule has 4 heterocycles. The van der Waals surface area contributed by atoms with Crippen LogP contribution in [0.5, 0.6) is 0 Å². The standard InChI is InChI=1S/C32H50N6O3/c1-3-29-25-31(5-1)37-15-19-39-20-16-38(18-22-41-24-23-40-21-17-37)32-6-2-4-30(26-32)28-36-13-9-33-7-11-35(27-29)12-8-34-10-14-36/h1-6,25-26,33-34H,7-24,27-28H2. The van der Waals surface area contributed by atoms with Gasteiger partial charge in [-0.1, -0.05) is 24.3 Å². The summed E-state index contributed by atoms with van der Waals surface area (Å²) in [4.78, 5) is 9.95. The number of ether oxygens (including phenoxy) is 3. The Labute approximate surface area is 246 Å². The van der Waals surface area contributed by atoms with E-state index in [9.17, 15) is 0 Å². The van der Waals surface area contributed by atoms with Crippen LogP contribution < -0.4 is 20.4 Å². The number of rotatable bonds is 0. The second-order valence-electron chi connectivity index (χ2n) is 11.2. The second-order valence-corrected chi connectivity index (χ2v) is 11.2. The molecule has 9 heteroatoms. The minimum Gasteiger partial charge on any atom is -0.378 e. The fourth-order valence-electron chi connectivity index (χ4n) is 5.82. The summed E-state index contributed by atoms with van der Waals surface area (Å²) in [6.45, 7) is 17.4. The first kappa shape index (κ1) is 30.2. The summed E-state index contributed by atoms with van der Waals surface area (Å²) in [5.74, 6) is 0. The molecule has 6 rings (SSSR count). The van der Waals surface area contributed by atoms with E-state index in [-0.39, 0.29) is 0 Å². The van der Waals surface area contributed by atoms with Gasteiger partial charge in [-0.25, -0.2) is 0 Å². The van der Waals surface area contributed by atoms with Crippen molar-refractivity contribution in [3.8, 4) is 0 Å². The lowest BCUT2D eigenvalue weighted by Gasteiger charge is -2.29. The van der Waals surface area contributed by atoms with Crippen molar-refractivity contribution in [2.45, 2.75) is 13.1 Å². The van der Waals surface area contributed by atoms with E-state index in [0.717, 1.165) is 91.6 Å². The summed E-state index contributed by atoms with van der Waals surface area (Å²) in [5.41, 5.74) is 5.18. The van der Waals surface area contributed by atoms with E-state index in [0.29, 0.717) is 39.6 Å². The summed E-state index contributed by atoms with van der Waals surface area (Å²) in [7, 11) is 0. The predicted octanol–water partition coefficient (Wildman–Crippen LogP) is 1.87. The number of nitrogens with one attached hydrogen (secondary N) is 2. The lowest BCUT2D eigenvalue weighted by molar-refractivity contribution is 0.0530. The molecular weight excluding hydrogens is 516 g/mol. The molecule has 4 aliphatic rings. The Kier molecular flexibility index (Phi) is 12.5. The quantitative estimate of drug-likeness (QED) is 0.498. The molecule has 226 valence electrons. The van der Waals surface area contributed by atoms with Crippen molar-refractivity contribution >= 4 is 11.4 Å². The van der Waals surface area contributed by atoms with Crippen LogP contribution in [0.3, 0.4) is 0 Å². The Balaban J connectivity index is 1.40. The predicted molar refractivity (Wildman–Crippen MR) is 166 cm³/mol. The van der Waals surface area contributed by atoms with Crippen molar-refractivity contribution in [2.24, 2.45) is 0 Å². The monoisotopic (exact) mass is 566 g/mol. The van der Waals surface area contributed by atoms with E-state index in [2.05, 4.69) is 78.8 Å². The topological polar surface area (TPSA) is 64.7 Å². The van der Waals surface area contributed by atoms with Gasteiger partial charge in [0.05, 0.1) is 39.6 Å². The summed E-state index contributed by atoms with van der Waals surface area (Å²) in [5, 5.41) is 7.44. The highest BCUT2D eigenvalue weighted by Gasteiger charge is 2.14. The van der Waals surface area contributed by atoms with E-state index in [1.54, 1.807) is 0 Å². The number of hydrogen-bond donors (Lipinski definition) is 2. The van der Waals surface area contributed by atoms with Crippen molar-refractivity contribution in [3.05, 3.63) is 59.7 Å². The van der Waals surface area contributed by atoms with E-state index in [1.165, 1.54) is 22.5 Å². The molecule has 2 aromatic rings.